The molecule has 0 saturated carbocycles. The highest BCUT2D eigenvalue weighted by Crippen LogP contribution is 2.34. The van der Waals surface area contributed by atoms with E-state index >= 15 is 0 Å². The van der Waals surface area contributed by atoms with E-state index < -0.39 is 26.5 Å². The Balaban J connectivity index is 3.03. The average molecular weight is 309 g/mol. The van der Waals surface area contributed by atoms with Crippen molar-refractivity contribution in [3.63, 3.8) is 0 Å². The summed E-state index contributed by atoms with van der Waals surface area (Å²) in [4.78, 5) is 0. The fraction of sp³-hybridized carbons (Fsp3) is 0.538. The minimum absolute atomic E-state index is 0.146. The molecule has 3 nitrogen and oxygen atoms in total. The highest BCUT2D eigenvalue weighted by atomic mass is 32.2. The Labute approximate surface area is 117 Å². The van der Waals surface area contributed by atoms with Crippen molar-refractivity contribution in [2.24, 2.45) is 5.14 Å². The minimum atomic E-state index is -4.41. The van der Waals surface area contributed by atoms with Gasteiger partial charge >= 0.3 is 6.18 Å². The fourth-order valence-electron chi connectivity index (χ4n) is 1.99. The molecule has 0 unspecified atom stereocenters. The van der Waals surface area contributed by atoms with Crippen LogP contribution in [0.15, 0.2) is 24.3 Å². The summed E-state index contributed by atoms with van der Waals surface area (Å²) >= 11 is 0. The topological polar surface area (TPSA) is 60.2 Å². The van der Waals surface area contributed by atoms with Crippen molar-refractivity contribution >= 4 is 10.0 Å². The summed E-state index contributed by atoms with van der Waals surface area (Å²) in [7, 11) is -3.77. The van der Waals surface area contributed by atoms with Gasteiger partial charge in [-0.05, 0) is 37.8 Å². The lowest BCUT2D eigenvalue weighted by atomic mass is 9.90. The Morgan fingerprint density at radius 1 is 1.25 bits per heavy atom. The number of nitrogens with two attached hydrogens (primary N) is 1. The molecule has 0 radical (unpaired) electrons. The van der Waals surface area contributed by atoms with E-state index in [4.69, 9.17) is 5.14 Å². The monoisotopic (exact) mass is 309 g/mol. The number of halogens is 3. The van der Waals surface area contributed by atoms with Crippen LogP contribution in [0.5, 0.6) is 0 Å². The van der Waals surface area contributed by atoms with Gasteiger partial charge in [-0.15, -0.1) is 0 Å². The molecule has 1 rings (SSSR count). The molecular weight excluding hydrogens is 291 g/mol. The number of benzene rings is 1. The first kappa shape index (κ1) is 17.0. The predicted octanol–water partition coefficient (Wildman–Crippen LogP) is 3.27. The van der Waals surface area contributed by atoms with E-state index in [0.29, 0.717) is 5.56 Å². The molecule has 7 heteroatoms. The van der Waals surface area contributed by atoms with Gasteiger partial charge in [-0.2, -0.15) is 13.2 Å². The van der Waals surface area contributed by atoms with Crippen molar-refractivity contribution in [1.29, 1.82) is 0 Å². The van der Waals surface area contributed by atoms with Crippen molar-refractivity contribution in [1.82, 2.24) is 0 Å². The highest BCUT2D eigenvalue weighted by molar-refractivity contribution is 7.90. The van der Waals surface area contributed by atoms with Crippen LogP contribution in [-0.2, 0) is 16.2 Å². The third kappa shape index (κ3) is 3.96. The molecule has 114 valence electrons. The highest BCUT2D eigenvalue weighted by Gasteiger charge is 2.34. The van der Waals surface area contributed by atoms with Gasteiger partial charge in [0.25, 0.3) is 0 Å². The molecule has 0 spiro atoms. The summed E-state index contributed by atoms with van der Waals surface area (Å²) in [5.74, 6) is -0.356. The van der Waals surface area contributed by atoms with E-state index in [0.717, 1.165) is 12.1 Å². The molecule has 0 bridgehead atoms. The number of hydrogen-bond acceptors (Lipinski definition) is 2. The van der Waals surface area contributed by atoms with Crippen LogP contribution in [0.3, 0.4) is 0 Å². The molecule has 0 fully saturated rings. The third-order valence-corrected chi connectivity index (χ3v) is 5.06. The van der Waals surface area contributed by atoms with Crippen LogP contribution in [0.4, 0.5) is 13.2 Å². The van der Waals surface area contributed by atoms with Crippen molar-refractivity contribution in [2.75, 3.05) is 0 Å². The van der Waals surface area contributed by atoms with Crippen molar-refractivity contribution < 1.29 is 21.6 Å². The number of hydrogen-bond donors (Lipinski definition) is 1. The molecule has 20 heavy (non-hydrogen) atoms. The first-order valence-corrected chi connectivity index (χ1v) is 7.59. The second-order valence-corrected chi connectivity index (χ2v) is 7.73. The molecule has 1 aromatic carbocycles. The van der Waals surface area contributed by atoms with Gasteiger partial charge in [-0.1, -0.05) is 25.1 Å². The Morgan fingerprint density at radius 2 is 1.80 bits per heavy atom. The summed E-state index contributed by atoms with van der Waals surface area (Å²) < 4.78 is 59.6. The minimum Gasteiger partial charge on any atom is -0.228 e. The molecule has 1 aromatic rings. The molecule has 0 aliphatic heterocycles. The van der Waals surface area contributed by atoms with Crippen molar-refractivity contribution in [3.8, 4) is 0 Å². The fourth-order valence-corrected chi connectivity index (χ4v) is 2.48. The first-order chi connectivity index (χ1) is 8.84. The Hall–Kier alpha value is -1.08. The zero-order valence-electron chi connectivity index (χ0n) is 11.5. The quantitative estimate of drug-likeness (QED) is 0.928. The Kier molecular flexibility index (Phi) is 4.55. The zero-order valence-corrected chi connectivity index (χ0v) is 12.3. The second kappa shape index (κ2) is 5.37. The van der Waals surface area contributed by atoms with Crippen LogP contribution in [0.1, 0.15) is 44.2 Å². The Morgan fingerprint density at radius 3 is 2.25 bits per heavy atom. The molecule has 0 aliphatic rings. The van der Waals surface area contributed by atoms with Crippen LogP contribution in [0.2, 0.25) is 0 Å². The maximum absolute atomic E-state index is 12.6. The largest absolute Gasteiger partial charge is 0.416 e. The van der Waals surface area contributed by atoms with Gasteiger partial charge in [0.15, 0.2) is 0 Å². The van der Waals surface area contributed by atoms with E-state index in [2.05, 4.69) is 0 Å². The zero-order chi connectivity index (χ0) is 15.8. The van der Waals surface area contributed by atoms with E-state index in [1.807, 2.05) is 0 Å². The molecular formula is C13H18F3NO2S. The molecule has 1 atom stereocenters. The van der Waals surface area contributed by atoms with Crippen LogP contribution < -0.4 is 5.14 Å². The number of sulfonamides is 1. The Bertz CT molecular complexity index is 580. The summed E-state index contributed by atoms with van der Waals surface area (Å²) in [6, 6.07) is 4.91. The molecule has 0 amide bonds. The van der Waals surface area contributed by atoms with Gasteiger partial charge < -0.3 is 0 Å². The summed E-state index contributed by atoms with van der Waals surface area (Å²) in [5.41, 5.74) is -0.299. The standard InChI is InChI=1S/C13H18F3NO2S/c1-9(8-12(2,3)20(17,18)19)10-5-4-6-11(7-10)13(14,15)16/h4-7,9H,8H2,1-3H3,(H2,17,18,19)/t9-/m0/s1. The maximum atomic E-state index is 12.6. The van der Waals surface area contributed by atoms with E-state index in [-0.39, 0.29) is 12.3 Å². The molecule has 0 aliphatic carbocycles. The summed E-state index contributed by atoms with van der Waals surface area (Å²) in [6.07, 6.45) is -4.27. The van der Waals surface area contributed by atoms with Gasteiger partial charge in [0.1, 0.15) is 0 Å². The van der Waals surface area contributed by atoms with Crippen LogP contribution >= 0.6 is 0 Å². The third-order valence-electron chi connectivity index (χ3n) is 3.35. The van der Waals surface area contributed by atoms with Crippen molar-refractivity contribution in [3.05, 3.63) is 35.4 Å². The van der Waals surface area contributed by atoms with E-state index in [1.54, 1.807) is 13.0 Å². The van der Waals surface area contributed by atoms with E-state index in [1.165, 1.54) is 19.9 Å². The summed E-state index contributed by atoms with van der Waals surface area (Å²) in [5, 5.41) is 5.13. The van der Waals surface area contributed by atoms with Gasteiger partial charge in [0.05, 0.1) is 10.3 Å². The molecule has 0 saturated heterocycles. The van der Waals surface area contributed by atoms with E-state index in [9.17, 15) is 21.6 Å². The lowest BCUT2D eigenvalue weighted by molar-refractivity contribution is -0.137. The first-order valence-electron chi connectivity index (χ1n) is 6.04. The van der Waals surface area contributed by atoms with Gasteiger partial charge in [-0.25, -0.2) is 13.6 Å². The molecule has 0 heterocycles. The molecule has 2 N–H and O–H groups in total. The average Bonchev–Trinajstić information content (AvgIpc) is 2.26. The number of rotatable bonds is 4. The summed E-state index contributed by atoms with van der Waals surface area (Å²) in [6.45, 7) is 4.61. The lowest BCUT2D eigenvalue weighted by Gasteiger charge is -2.26. The molecule has 0 aromatic heterocycles. The van der Waals surface area contributed by atoms with Gasteiger partial charge in [0.2, 0.25) is 10.0 Å². The van der Waals surface area contributed by atoms with Crippen molar-refractivity contribution in [2.45, 2.75) is 44.0 Å². The van der Waals surface area contributed by atoms with Crippen LogP contribution in [-0.4, -0.2) is 13.2 Å². The van der Waals surface area contributed by atoms with Gasteiger partial charge in [-0.3, -0.25) is 0 Å². The number of primary sulfonamides is 1. The lowest BCUT2D eigenvalue weighted by Crippen LogP contribution is -2.38. The normalized spacial score (nSPS) is 15.2. The maximum Gasteiger partial charge on any atom is 0.416 e. The SMILES string of the molecule is C[C@@H](CC(C)(C)S(N)(=O)=O)c1cccc(C(F)(F)F)c1. The van der Waals surface area contributed by atoms with Gasteiger partial charge in [0, 0.05) is 0 Å². The number of alkyl halides is 3. The van der Waals surface area contributed by atoms with Crippen LogP contribution in [0.25, 0.3) is 0 Å². The van der Waals surface area contributed by atoms with Crippen LogP contribution in [0, 0.1) is 0 Å². The smallest absolute Gasteiger partial charge is 0.228 e. The second-order valence-electron chi connectivity index (χ2n) is 5.53. The predicted molar refractivity (Wildman–Crippen MR) is 71.7 cm³/mol.